The largest absolute Gasteiger partial charge is 0.380 e. The summed E-state index contributed by atoms with van der Waals surface area (Å²) in [5.41, 5.74) is 0. The van der Waals surface area contributed by atoms with E-state index in [0.717, 1.165) is 12.8 Å². The van der Waals surface area contributed by atoms with E-state index in [4.69, 9.17) is 0 Å². The van der Waals surface area contributed by atoms with Gasteiger partial charge in [-0.15, -0.1) is 5.92 Å². The van der Waals surface area contributed by atoms with E-state index in [1.54, 1.807) is 0 Å². The summed E-state index contributed by atoms with van der Waals surface area (Å²) in [5, 5.41) is 9.31. The Bertz CT molecular complexity index is 159. The van der Waals surface area contributed by atoms with E-state index in [2.05, 4.69) is 18.8 Å². The molecule has 0 aromatic rings. The predicted molar refractivity (Wildman–Crippen MR) is 46.0 cm³/mol. The van der Waals surface area contributed by atoms with Gasteiger partial charge >= 0.3 is 0 Å². The van der Waals surface area contributed by atoms with Gasteiger partial charge in [0.05, 0.1) is 0 Å². The molecule has 1 rings (SSSR count). The minimum absolute atomic E-state index is 0.327. The van der Waals surface area contributed by atoms with Crippen LogP contribution in [0.15, 0.2) is 0 Å². The van der Waals surface area contributed by atoms with Crippen LogP contribution in [0.5, 0.6) is 0 Å². The fraction of sp³-hybridized carbons (Fsp3) is 0.800. The lowest BCUT2D eigenvalue weighted by atomic mass is 10.2. The molecule has 1 N–H and O–H groups in total. The average molecular weight is 152 g/mol. The lowest BCUT2D eigenvalue weighted by molar-refractivity contribution is 0.209. The van der Waals surface area contributed by atoms with Crippen LogP contribution in [0, 0.1) is 17.8 Å². The maximum absolute atomic E-state index is 9.31. The highest BCUT2D eigenvalue weighted by Crippen LogP contribution is 2.32. The van der Waals surface area contributed by atoms with Gasteiger partial charge in [-0.25, -0.2) is 0 Å². The van der Waals surface area contributed by atoms with Crippen molar-refractivity contribution < 1.29 is 5.11 Å². The summed E-state index contributed by atoms with van der Waals surface area (Å²) in [6.07, 6.45) is 5.30. The summed E-state index contributed by atoms with van der Waals surface area (Å²) >= 11 is 0. The molecule has 11 heavy (non-hydrogen) atoms. The molecule has 1 heteroatoms. The molecular weight excluding hydrogens is 136 g/mol. The number of aliphatic hydroxyl groups is 1. The molecule has 1 fully saturated rings. The van der Waals surface area contributed by atoms with Crippen LogP contribution in [-0.4, -0.2) is 11.2 Å². The molecule has 0 saturated heterocycles. The Morgan fingerprint density at radius 2 is 2.27 bits per heavy atom. The van der Waals surface area contributed by atoms with Crippen LogP contribution in [0.4, 0.5) is 0 Å². The van der Waals surface area contributed by atoms with E-state index in [1.165, 1.54) is 19.3 Å². The lowest BCUT2D eigenvalue weighted by Crippen LogP contribution is -2.04. The average Bonchev–Trinajstić information content (AvgIpc) is 2.79. The molecule has 0 aromatic carbocycles. The summed E-state index contributed by atoms with van der Waals surface area (Å²) in [5.74, 6) is 6.40. The zero-order chi connectivity index (χ0) is 8.10. The van der Waals surface area contributed by atoms with E-state index in [9.17, 15) is 5.11 Å². The second-order valence-corrected chi connectivity index (χ2v) is 3.21. The quantitative estimate of drug-likeness (QED) is 0.484. The summed E-state index contributed by atoms with van der Waals surface area (Å²) in [7, 11) is 0. The fourth-order valence-corrected chi connectivity index (χ4v) is 0.972. The number of unbranched alkanes of at least 4 members (excludes halogenated alkanes) is 2. The molecular formula is C10H16O. The minimum Gasteiger partial charge on any atom is -0.380 e. The molecule has 0 heterocycles. The number of aliphatic hydroxyl groups excluding tert-OH is 1. The van der Waals surface area contributed by atoms with Gasteiger partial charge in [0.1, 0.15) is 6.10 Å². The first-order valence-corrected chi connectivity index (χ1v) is 4.51. The third-order valence-corrected chi connectivity index (χ3v) is 1.97. The van der Waals surface area contributed by atoms with Gasteiger partial charge in [0.25, 0.3) is 0 Å². The van der Waals surface area contributed by atoms with Gasteiger partial charge in [-0.05, 0) is 25.2 Å². The van der Waals surface area contributed by atoms with Crippen molar-refractivity contribution in [3.05, 3.63) is 0 Å². The van der Waals surface area contributed by atoms with Crippen molar-refractivity contribution in [1.29, 1.82) is 0 Å². The third-order valence-electron chi connectivity index (χ3n) is 1.97. The summed E-state index contributed by atoms with van der Waals surface area (Å²) in [4.78, 5) is 0. The van der Waals surface area contributed by atoms with Gasteiger partial charge in [0.15, 0.2) is 0 Å². The van der Waals surface area contributed by atoms with Gasteiger partial charge < -0.3 is 5.11 Å². The Balaban J connectivity index is 2.09. The van der Waals surface area contributed by atoms with Crippen LogP contribution in [-0.2, 0) is 0 Å². The summed E-state index contributed by atoms with van der Waals surface area (Å²) in [6.45, 7) is 2.15. The molecule has 1 nitrogen and oxygen atoms in total. The highest BCUT2D eigenvalue weighted by Gasteiger charge is 2.28. The minimum atomic E-state index is -0.327. The van der Waals surface area contributed by atoms with Crippen LogP contribution in [0.3, 0.4) is 0 Å². The molecule has 1 atom stereocenters. The van der Waals surface area contributed by atoms with Crippen LogP contribution in [0.2, 0.25) is 0 Å². The first-order chi connectivity index (χ1) is 5.34. The Hall–Kier alpha value is -0.480. The molecule has 1 unspecified atom stereocenters. The summed E-state index contributed by atoms with van der Waals surface area (Å²) in [6, 6.07) is 0. The normalized spacial score (nSPS) is 18.7. The van der Waals surface area contributed by atoms with Gasteiger partial charge in [-0.1, -0.05) is 19.3 Å². The SMILES string of the molecule is CCCCC#CC(O)C1CC1. The zero-order valence-electron chi connectivity index (χ0n) is 7.14. The van der Waals surface area contributed by atoms with Crippen molar-refractivity contribution in [1.82, 2.24) is 0 Å². The fourth-order valence-electron chi connectivity index (χ4n) is 0.972. The van der Waals surface area contributed by atoms with Crippen LogP contribution in [0.1, 0.15) is 39.0 Å². The van der Waals surface area contributed by atoms with Crippen molar-refractivity contribution in [3.63, 3.8) is 0 Å². The molecule has 0 aliphatic heterocycles. The van der Waals surface area contributed by atoms with Crippen LogP contribution >= 0.6 is 0 Å². The van der Waals surface area contributed by atoms with Crippen molar-refractivity contribution >= 4 is 0 Å². The van der Waals surface area contributed by atoms with E-state index in [1.807, 2.05) is 0 Å². The van der Waals surface area contributed by atoms with Gasteiger partial charge in [-0.2, -0.15) is 0 Å². The van der Waals surface area contributed by atoms with E-state index >= 15 is 0 Å². The number of hydrogen-bond acceptors (Lipinski definition) is 1. The van der Waals surface area contributed by atoms with Crippen LogP contribution in [0.25, 0.3) is 0 Å². The van der Waals surface area contributed by atoms with Gasteiger partial charge in [0, 0.05) is 6.42 Å². The van der Waals surface area contributed by atoms with E-state index < -0.39 is 0 Å². The second kappa shape index (κ2) is 4.41. The van der Waals surface area contributed by atoms with Crippen molar-refractivity contribution in [3.8, 4) is 11.8 Å². The van der Waals surface area contributed by atoms with Crippen LogP contribution < -0.4 is 0 Å². The molecule has 0 spiro atoms. The lowest BCUT2D eigenvalue weighted by Gasteiger charge is -1.96. The molecule has 0 aromatic heterocycles. The van der Waals surface area contributed by atoms with Gasteiger partial charge in [0.2, 0.25) is 0 Å². The topological polar surface area (TPSA) is 20.2 Å². The van der Waals surface area contributed by atoms with Crippen molar-refractivity contribution in [2.75, 3.05) is 0 Å². The first kappa shape index (κ1) is 8.62. The molecule has 0 amide bonds. The highest BCUT2D eigenvalue weighted by atomic mass is 16.3. The zero-order valence-corrected chi connectivity index (χ0v) is 7.14. The molecule has 0 radical (unpaired) electrons. The highest BCUT2D eigenvalue weighted by molar-refractivity contribution is 5.08. The van der Waals surface area contributed by atoms with E-state index in [-0.39, 0.29) is 6.10 Å². The first-order valence-electron chi connectivity index (χ1n) is 4.51. The third kappa shape index (κ3) is 3.43. The number of hydrogen-bond donors (Lipinski definition) is 1. The van der Waals surface area contributed by atoms with Crippen molar-refractivity contribution in [2.45, 2.75) is 45.1 Å². The number of rotatable bonds is 3. The Kier molecular flexibility index (Phi) is 3.45. The molecule has 0 bridgehead atoms. The predicted octanol–water partition coefficient (Wildman–Crippen LogP) is 1.95. The molecule has 1 aliphatic carbocycles. The van der Waals surface area contributed by atoms with Gasteiger partial charge in [-0.3, -0.25) is 0 Å². The standard InChI is InChI=1S/C10H16O/c1-2-3-4-5-6-10(11)9-7-8-9/h9-11H,2-4,7-8H2,1H3. The molecule has 1 saturated carbocycles. The summed E-state index contributed by atoms with van der Waals surface area (Å²) < 4.78 is 0. The van der Waals surface area contributed by atoms with Crippen molar-refractivity contribution in [2.24, 2.45) is 5.92 Å². The smallest absolute Gasteiger partial charge is 0.117 e. The maximum atomic E-state index is 9.31. The molecule has 62 valence electrons. The van der Waals surface area contributed by atoms with E-state index in [0.29, 0.717) is 5.92 Å². The Morgan fingerprint density at radius 1 is 1.55 bits per heavy atom. The maximum Gasteiger partial charge on any atom is 0.117 e. The monoisotopic (exact) mass is 152 g/mol. The Morgan fingerprint density at radius 3 is 2.82 bits per heavy atom. The Labute approximate surface area is 68.8 Å². The second-order valence-electron chi connectivity index (χ2n) is 3.21. The molecule has 1 aliphatic rings.